The summed E-state index contributed by atoms with van der Waals surface area (Å²) in [6.45, 7) is 6.48. The summed E-state index contributed by atoms with van der Waals surface area (Å²) < 4.78 is 16.8. The molecule has 0 aliphatic rings. The van der Waals surface area contributed by atoms with Crippen LogP contribution in [0, 0.1) is 0 Å². The zero-order chi connectivity index (χ0) is 47.2. The number of esters is 3. The van der Waals surface area contributed by atoms with Gasteiger partial charge in [0.25, 0.3) is 0 Å². The third kappa shape index (κ3) is 51.7. The van der Waals surface area contributed by atoms with Crippen molar-refractivity contribution in [2.24, 2.45) is 0 Å². The molecule has 6 heteroatoms. The molecular weight excluding hydrogens is 805 g/mol. The molecule has 0 aliphatic heterocycles. The van der Waals surface area contributed by atoms with Crippen molar-refractivity contribution in [2.75, 3.05) is 13.2 Å². The Kier molecular flexibility index (Phi) is 50.9. The molecule has 0 aliphatic carbocycles. The third-order valence-corrected chi connectivity index (χ3v) is 11.7. The van der Waals surface area contributed by atoms with Gasteiger partial charge in [-0.1, -0.05) is 216 Å². The molecule has 0 N–H and O–H groups in total. The molecule has 0 aromatic heterocycles. The summed E-state index contributed by atoms with van der Waals surface area (Å²) in [7, 11) is 0. The fourth-order valence-electron chi connectivity index (χ4n) is 7.56. The zero-order valence-electron chi connectivity index (χ0n) is 42.7. The van der Waals surface area contributed by atoms with Gasteiger partial charge in [-0.25, -0.2) is 0 Å². The van der Waals surface area contributed by atoms with E-state index >= 15 is 0 Å². The fraction of sp³-hybridized carbons (Fsp3) is 0.746. The number of carbonyl (C=O) groups excluding carboxylic acids is 3. The Morgan fingerprint density at radius 1 is 0.338 bits per heavy atom. The molecule has 374 valence electrons. The van der Waals surface area contributed by atoms with Crippen molar-refractivity contribution in [1.29, 1.82) is 0 Å². The van der Waals surface area contributed by atoms with Gasteiger partial charge >= 0.3 is 17.9 Å². The topological polar surface area (TPSA) is 78.9 Å². The molecule has 6 nitrogen and oxygen atoms in total. The van der Waals surface area contributed by atoms with Crippen molar-refractivity contribution in [1.82, 2.24) is 0 Å². The van der Waals surface area contributed by atoms with E-state index in [1.807, 2.05) is 0 Å². The highest BCUT2D eigenvalue weighted by Crippen LogP contribution is 2.14. The molecule has 0 heterocycles. The number of hydrogen-bond acceptors (Lipinski definition) is 6. The van der Waals surface area contributed by atoms with E-state index in [1.165, 1.54) is 103 Å². The fourth-order valence-corrected chi connectivity index (χ4v) is 7.56. The SMILES string of the molecule is CC/C=C\C/C=C\CCCCCCCC(=O)OCC(COC(=O)CCCCCCC/C=C\C=C/CCCCCCCCC)OC(=O)CCCCCCCCC/C=C\C/C=C\CCCCC. The van der Waals surface area contributed by atoms with Crippen LogP contribution in [0.3, 0.4) is 0 Å². The van der Waals surface area contributed by atoms with Crippen molar-refractivity contribution in [3.63, 3.8) is 0 Å². The van der Waals surface area contributed by atoms with E-state index < -0.39 is 6.10 Å². The summed E-state index contributed by atoms with van der Waals surface area (Å²) >= 11 is 0. The number of carbonyl (C=O) groups is 3. The van der Waals surface area contributed by atoms with Crippen LogP contribution in [0.5, 0.6) is 0 Å². The number of unbranched alkanes of at least 4 members (excludes halogenated alkanes) is 27. The first-order valence-corrected chi connectivity index (χ1v) is 27.5. The predicted molar refractivity (Wildman–Crippen MR) is 279 cm³/mol. The molecule has 0 radical (unpaired) electrons. The first kappa shape index (κ1) is 61.9. The van der Waals surface area contributed by atoms with Crippen molar-refractivity contribution in [3.8, 4) is 0 Å². The molecular formula is C59H102O6. The summed E-state index contributed by atoms with van der Waals surface area (Å²) in [6, 6.07) is 0. The summed E-state index contributed by atoms with van der Waals surface area (Å²) in [5.41, 5.74) is 0. The quantitative estimate of drug-likeness (QED) is 0.0199. The molecule has 0 aromatic carbocycles. The van der Waals surface area contributed by atoms with E-state index in [4.69, 9.17) is 14.2 Å². The first-order chi connectivity index (χ1) is 32.0. The van der Waals surface area contributed by atoms with Gasteiger partial charge in [0, 0.05) is 19.3 Å². The lowest BCUT2D eigenvalue weighted by molar-refractivity contribution is -0.167. The van der Waals surface area contributed by atoms with Crippen LogP contribution < -0.4 is 0 Å². The number of rotatable bonds is 49. The Morgan fingerprint density at radius 2 is 0.646 bits per heavy atom. The molecule has 0 bridgehead atoms. The summed E-state index contributed by atoms with van der Waals surface area (Å²) in [5, 5.41) is 0. The van der Waals surface area contributed by atoms with Crippen molar-refractivity contribution >= 4 is 17.9 Å². The maximum atomic E-state index is 12.8. The predicted octanol–water partition coefficient (Wildman–Crippen LogP) is 18.2. The van der Waals surface area contributed by atoms with Crippen molar-refractivity contribution < 1.29 is 28.6 Å². The maximum Gasteiger partial charge on any atom is 0.306 e. The van der Waals surface area contributed by atoms with Gasteiger partial charge in [-0.2, -0.15) is 0 Å². The lowest BCUT2D eigenvalue weighted by Gasteiger charge is -2.18. The normalized spacial score (nSPS) is 12.6. The standard InChI is InChI=1S/C59H102O6/c1-4-7-10-13-16-19-22-25-27-29-31-32-34-37-40-43-46-49-52-58(61)64-55-56(54-63-57(60)51-48-45-42-39-36-24-21-18-15-12-9-6-3)65-59(62)53-50-47-44-41-38-35-33-30-28-26-23-20-17-14-11-8-5-2/h9,12,17-18,20-21,26-29,31-32,56H,4-8,10-11,13-16,19,22-25,30,33-55H2,1-3H3/b12-9-,20-17-,21-18-,28-26-,29-27-,32-31-. The summed E-state index contributed by atoms with van der Waals surface area (Å²) in [5.74, 6) is -0.924. The van der Waals surface area contributed by atoms with E-state index in [2.05, 4.69) is 93.7 Å². The van der Waals surface area contributed by atoms with Gasteiger partial charge in [-0.15, -0.1) is 0 Å². The van der Waals surface area contributed by atoms with Gasteiger partial charge < -0.3 is 14.2 Å². The van der Waals surface area contributed by atoms with Crippen LogP contribution in [0.25, 0.3) is 0 Å². The van der Waals surface area contributed by atoms with Crippen LogP contribution in [0.15, 0.2) is 72.9 Å². The van der Waals surface area contributed by atoms with Crippen LogP contribution >= 0.6 is 0 Å². The Labute approximate surface area is 402 Å². The highest BCUT2D eigenvalue weighted by Gasteiger charge is 2.19. The van der Waals surface area contributed by atoms with E-state index in [1.54, 1.807) is 0 Å². The average molecular weight is 907 g/mol. The minimum atomic E-state index is -0.792. The van der Waals surface area contributed by atoms with Crippen LogP contribution in [0.4, 0.5) is 0 Å². The van der Waals surface area contributed by atoms with Gasteiger partial charge in [0.1, 0.15) is 13.2 Å². The smallest absolute Gasteiger partial charge is 0.306 e. The molecule has 65 heavy (non-hydrogen) atoms. The van der Waals surface area contributed by atoms with Gasteiger partial charge in [-0.05, 0) is 103 Å². The number of ether oxygens (including phenoxy) is 3. The monoisotopic (exact) mass is 907 g/mol. The minimum absolute atomic E-state index is 0.0913. The second-order valence-electron chi connectivity index (χ2n) is 18.1. The second-order valence-corrected chi connectivity index (χ2v) is 18.1. The van der Waals surface area contributed by atoms with Crippen LogP contribution in [-0.2, 0) is 28.6 Å². The molecule has 0 saturated carbocycles. The lowest BCUT2D eigenvalue weighted by Crippen LogP contribution is -2.30. The van der Waals surface area contributed by atoms with E-state index in [9.17, 15) is 14.4 Å². The molecule has 0 spiro atoms. The van der Waals surface area contributed by atoms with E-state index in [-0.39, 0.29) is 31.1 Å². The van der Waals surface area contributed by atoms with E-state index in [0.717, 1.165) is 122 Å². The molecule has 0 saturated heterocycles. The summed E-state index contributed by atoms with van der Waals surface area (Å²) in [4.78, 5) is 38.0. The molecule has 0 rings (SSSR count). The highest BCUT2D eigenvalue weighted by atomic mass is 16.6. The third-order valence-electron chi connectivity index (χ3n) is 11.7. The molecule has 1 atom stereocenters. The average Bonchev–Trinajstić information content (AvgIpc) is 3.30. The zero-order valence-corrected chi connectivity index (χ0v) is 42.7. The second kappa shape index (κ2) is 53.5. The Morgan fingerprint density at radius 3 is 1.05 bits per heavy atom. The van der Waals surface area contributed by atoms with Gasteiger partial charge in [0.05, 0.1) is 0 Å². The van der Waals surface area contributed by atoms with Crippen LogP contribution in [0.2, 0.25) is 0 Å². The summed E-state index contributed by atoms with van der Waals surface area (Å²) in [6.07, 6.45) is 67.4. The molecule has 1 unspecified atom stereocenters. The Hall–Kier alpha value is -3.15. The highest BCUT2D eigenvalue weighted by molar-refractivity contribution is 5.71. The maximum absolute atomic E-state index is 12.8. The first-order valence-electron chi connectivity index (χ1n) is 27.5. The van der Waals surface area contributed by atoms with Gasteiger partial charge in [0.15, 0.2) is 6.10 Å². The van der Waals surface area contributed by atoms with Gasteiger partial charge in [-0.3, -0.25) is 14.4 Å². The number of hydrogen-bond donors (Lipinski definition) is 0. The Balaban J connectivity index is 4.41. The minimum Gasteiger partial charge on any atom is -0.462 e. The van der Waals surface area contributed by atoms with Crippen LogP contribution in [-0.4, -0.2) is 37.2 Å². The molecule has 0 fully saturated rings. The van der Waals surface area contributed by atoms with Gasteiger partial charge in [0.2, 0.25) is 0 Å². The van der Waals surface area contributed by atoms with Crippen molar-refractivity contribution in [2.45, 2.75) is 271 Å². The number of allylic oxidation sites excluding steroid dienone is 12. The molecule has 0 amide bonds. The largest absolute Gasteiger partial charge is 0.462 e. The van der Waals surface area contributed by atoms with Crippen molar-refractivity contribution in [3.05, 3.63) is 72.9 Å². The van der Waals surface area contributed by atoms with Crippen LogP contribution in [0.1, 0.15) is 265 Å². The lowest BCUT2D eigenvalue weighted by atomic mass is 10.1. The Bertz CT molecular complexity index is 1230. The van der Waals surface area contributed by atoms with E-state index in [0.29, 0.717) is 19.3 Å². The molecule has 0 aromatic rings.